The van der Waals surface area contributed by atoms with E-state index in [1.807, 2.05) is 31.1 Å². The van der Waals surface area contributed by atoms with Gasteiger partial charge in [0, 0.05) is 19.7 Å². The highest BCUT2D eigenvalue weighted by molar-refractivity contribution is 7.98. The number of thioether (sulfide) groups is 1. The van der Waals surface area contributed by atoms with Crippen molar-refractivity contribution in [3.63, 3.8) is 0 Å². The van der Waals surface area contributed by atoms with Crippen LogP contribution in [-0.2, 0) is 4.74 Å². The van der Waals surface area contributed by atoms with E-state index in [0.717, 1.165) is 19.4 Å². The van der Waals surface area contributed by atoms with Crippen molar-refractivity contribution in [3.05, 3.63) is 29.7 Å². The fraction of sp³-hybridized carbons (Fsp3) is 0.500. The molecule has 2 aromatic rings. The van der Waals surface area contributed by atoms with Crippen LogP contribution in [0.2, 0.25) is 0 Å². The molecule has 0 aliphatic carbocycles. The van der Waals surface area contributed by atoms with Crippen LogP contribution in [0.15, 0.2) is 27.8 Å². The Hall–Kier alpha value is -1.86. The van der Waals surface area contributed by atoms with Crippen molar-refractivity contribution in [3.8, 4) is 11.6 Å². The van der Waals surface area contributed by atoms with Gasteiger partial charge >= 0.3 is 0 Å². The summed E-state index contributed by atoms with van der Waals surface area (Å²) in [5.41, 5.74) is 1.26. The molecule has 0 bridgehead atoms. The van der Waals surface area contributed by atoms with Crippen LogP contribution >= 0.6 is 11.8 Å². The van der Waals surface area contributed by atoms with Crippen LogP contribution in [0.1, 0.15) is 35.8 Å². The highest BCUT2D eigenvalue weighted by Gasteiger charge is 2.28. The largest absolute Gasteiger partial charge is 0.461 e. The maximum absolute atomic E-state index is 13.1. The van der Waals surface area contributed by atoms with E-state index in [0.29, 0.717) is 41.0 Å². The number of aromatic nitrogens is 2. The Morgan fingerprint density at radius 3 is 3.00 bits per heavy atom. The number of aryl methyl sites for hydroxylation is 1. The Balaban J connectivity index is 1.89. The lowest BCUT2D eigenvalue weighted by molar-refractivity contribution is 0.00703. The molecule has 2 aromatic heterocycles. The summed E-state index contributed by atoms with van der Waals surface area (Å²) in [6, 6.07) is 3.62. The molecule has 25 heavy (non-hydrogen) atoms. The van der Waals surface area contributed by atoms with Crippen molar-refractivity contribution in [2.24, 2.45) is 0 Å². The van der Waals surface area contributed by atoms with Crippen molar-refractivity contribution >= 4 is 17.7 Å². The smallest absolute Gasteiger partial charge is 0.258 e. The van der Waals surface area contributed by atoms with Crippen LogP contribution in [0.3, 0.4) is 0 Å². The van der Waals surface area contributed by atoms with Gasteiger partial charge in [-0.3, -0.25) is 4.79 Å². The summed E-state index contributed by atoms with van der Waals surface area (Å²) in [4.78, 5) is 24.0. The van der Waals surface area contributed by atoms with Crippen LogP contribution < -0.4 is 0 Å². The number of piperidine rings is 1. The fourth-order valence-electron chi connectivity index (χ4n) is 3.11. The molecule has 0 aromatic carbocycles. The van der Waals surface area contributed by atoms with E-state index in [4.69, 9.17) is 9.15 Å². The average Bonchev–Trinajstić information content (AvgIpc) is 3.15. The second-order valence-corrected chi connectivity index (χ2v) is 6.76. The molecule has 0 saturated carbocycles. The van der Waals surface area contributed by atoms with Crippen LogP contribution in [0.4, 0.5) is 0 Å². The molecule has 1 atom stereocenters. The fourth-order valence-corrected chi connectivity index (χ4v) is 3.73. The van der Waals surface area contributed by atoms with Gasteiger partial charge in [0.25, 0.3) is 5.91 Å². The minimum absolute atomic E-state index is 0.0164. The van der Waals surface area contributed by atoms with E-state index in [-0.39, 0.29) is 12.0 Å². The first-order valence-electron chi connectivity index (χ1n) is 8.51. The highest BCUT2D eigenvalue weighted by Crippen LogP contribution is 2.27. The first-order chi connectivity index (χ1) is 12.1. The predicted molar refractivity (Wildman–Crippen MR) is 96.8 cm³/mol. The number of nitrogens with zero attached hydrogens (tertiary/aromatic N) is 3. The molecule has 0 spiro atoms. The zero-order chi connectivity index (χ0) is 17.8. The molecule has 0 N–H and O–H groups in total. The van der Waals surface area contributed by atoms with E-state index in [2.05, 4.69) is 9.97 Å². The van der Waals surface area contributed by atoms with Crippen molar-refractivity contribution in [1.82, 2.24) is 14.9 Å². The Kier molecular flexibility index (Phi) is 5.75. The molecule has 1 aliphatic heterocycles. The topological polar surface area (TPSA) is 68.5 Å². The minimum Gasteiger partial charge on any atom is -0.461 e. The van der Waals surface area contributed by atoms with Gasteiger partial charge in [0.05, 0.1) is 23.6 Å². The van der Waals surface area contributed by atoms with Crippen molar-refractivity contribution in [1.29, 1.82) is 0 Å². The normalized spacial score (nSPS) is 17.7. The van der Waals surface area contributed by atoms with Gasteiger partial charge < -0.3 is 14.1 Å². The first kappa shape index (κ1) is 17.9. The number of carbonyl (C=O) groups is 1. The summed E-state index contributed by atoms with van der Waals surface area (Å²) >= 11 is 1.45. The average molecular weight is 361 g/mol. The quantitative estimate of drug-likeness (QED) is 0.600. The second-order valence-electron chi connectivity index (χ2n) is 5.96. The molecule has 3 heterocycles. The molecule has 1 saturated heterocycles. The Morgan fingerprint density at radius 2 is 2.32 bits per heavy atom. The van der Waals surface area contributed by atoms with Gasteiger partial charge in [-0.2, -0.15) is 0 Å². The van der Waals surface area contributed by atoms with Crippen molar-refractivity contribution in [2.75, 3.05) is 26.0 Å². The molecule has 1 unspecified atom stereocenters. The van der Waals surface area contributed by atoms with Crippen molar-refractivity contribution in [2.45, 2.75) is 37.8 Å². The molecular formula is C18H23N3O3S. The minimum atomic E-state index is -0.0164. The lowest BCUT2D eigenvalue weighted by Gasteiger charge is -2.33. The first-order valence-corrected chi connectivity index (χ1v) is 9.73. The van der Waals surface area contributed by atoms with E-state index < -0.39 is 0 Å². The lowest BCUT2D eigenvalue weighted by atomic mass is 10.1. The summed E-state index contributed by atoms with van der Waals surface area (Å²) in [7, 11) is 0. The number of hydrogen-bond acceptors (Lipinski definition) is 6. The number of amides is 1. The molecule has 3 rings (SSSR count). The zero-order valence-corrected chi connectivity index (χ0v) is 15.6. The molecular weight excluding hydrogens is 338 g/mol. The van der Waals surface area contributed by atoms with E-state index in [9.17, 15) is 4.79 Å². The molecule has 6 nitrogen and oxygen atoms in total. The van der Waals surface area contributed by atoms with Crippen LogP contribution in [0, 0.1) is 6.92 Å². The Bertz CT molecular complexity index is 731. The third-order valence-corrected chi connectivity index (χ3v) is 4.96. The number of carbonyl (C=O) groups excluding carboxylic acids is 1. The highest BCUT2D eigenvalue weighted by atomic mass is 32.2. The van der Waals surface area contributed by atoms with E-state index in [1.54, 1.807) is 12.3 Å². The van der Waals surface area contributed by atoms with Gasteiger partial charge in [-0.1, -0.05) is 0 Å². The Labute approximate surface area is 152 Å². The summed E-state index contributed by atoms with van der Waals surface area (Å²) in [6.45, 7) is 5.88. The second kappa shape index (κ2) is 8.01. The third-order valence-electron chi connectivity index (χ3n) is 4.27. The maximum atomic E-state index is 13.1. The molecule has 1 amide bonds. The van der Waals surface area contributed by atoms with E-state index >= 15 is 0 Å². The van der Waals surface area contributed by atoms with Gasteiger partial charge in [-0.05, 0) is 45.1 Å². The SMILES string of the molecule is CCOC1CCCN(C(=O)c2c(C)nc(-c3ccco3)nc2SC)C1. The number of hydrogen-bond donors (Lipinski definition) is 0. The van der Waals surface area contributed by atoms with Gasteiger partial charge in [-0.25, -0.2) is 9.97 Å². The van der Waals surface area contributed by atoms with E-state index in [1.165, 1.54) is 11.8 Å². The zero-order valence-electron chi connectivity index (χ0n) is 14.8. The summed E-state index contributed by atoms with van der Waals surface area (Å²) in [5.74, 6) is 1.10. The molecule has 0 radical (unpaired) electrons. The lowest BCUT2D eigenvalue weighted by Crippen LogP contribution is -2.43. The number of ether oxygens (including phenoxy) is 1. The Morgan fingerprint density at radius 1 is 1.48 bits per heavy atom. The van der Waals surface area contributed by atoms with Crippen molar-refractivity contribution < 1.29 is 13.9 Å². The number of rotatable bonds is 5. The van der Waals surface area contributed by atoms with Gasteiger partial charge in [0.1, 0.15) is 5.03 Å². The molecule has 134 valence electrons. The number of furan rings is 1. The van der Waals surface area contributed by atoms with Crippen LogP contribution in [0.25, 0.3) is 11.6 Å². The number of likely N-dealkylation sites (tertiary alicyclic amines) is 1. The van der Waals surface area contributed by atoms with Gasteiger partial charge in [0.2, 0.25) is 0 Å². The predicted octanol–water partition coefficient (Wildman–Crippen LogP) is 3.41. The molecule has 7 heteroatoms. The summed E-state index contributed by atoms with van der Waals surface area (Å²) < 4.78 is 11.1. The standard InChI is InChI=1S/C18H23N3O3S/c1-4-23-13-7-5-9-21(11-13)18(22)15-12(2)19-16(20-17(15)25-3)14-8-6-10-24-14/h6,8,10,13H,4-5,7,9,11H2,1-3H3. The van der Waals surface area contributed by atoms with Crippen LogP contribution in [0.5, 0.6) is 0 Å². The molecule has 1 fully saturated rings. The summed E-state index contributed by atoms with van der Waals surface area (Å²) in [5, 5.41) is 0.683. The van der Waals surface area contributed by atoms with Crippen LogP contribution in [-0.4, -0.2) is 52.8 Å². The van der Waals surface area contributed by atoms with Gasteiger partial charge in [-0.15, -0.1) is 11.8 Å². The maximum Gasteiger partial charge on any atom is 0.258 e. The third kappa shape index (κ3) is 3.88. The molecule has 1 aliphatic rings. The van der Waals surface area contributed by atoms with Gasteiger partial charge in [0.15, 0.2) is 11.6 Å². The monoisotopic (exact) mass is 361 g/mol. The summed E-state index contributed by atoms with van der Waals surface area (Å²) in [6.07, 6.45) is 5.58.